The number of benzene rings is 1. The molecular weight excluding hydrogens is 158 g/mol. The van der Waals surface area contributed by atoms with Crippen molar-refractivity contribution < 1.29 is 0 Å². The summed E-state index contributed by atoms with van der Waals surface area (Å²) in [6, 6.07) is 10.3. The van der Waals surface area contributed by atoms with Crippen LogP contribution >= 0.6 is 0 Å². The Labute approximate surface area is 78.8 Å². The summed E-state index contributed by atoms with van der Waals surface area (Å²) in [5.41, 5.74) is 3.54. The fraction of sp³-hybridized carbons (Fsp3) is 0.167. The number of hydrogen-bond acceptors (Lipinski definition) is 1. The second kappa shape index (κ2) is 3.48. The lowest BCUT2D eigenvalue weighted by Gasteiger charge is -2.17. The standard InChI is InChI=1S/C12H13N/c1-10-6-5-9-12(13-10)11-7-3-2-4-8-11/h2-4,7-9,13H,1,5-6H2. The lowest BCUT2D eigenvalue weighted by molar-refractivity contribution is 0.860. The van der Waals surface area contributed by atoms with Crippen LogP contribution in [0.25, 0.3) is 5.70 Å². The molecule has 0 saturated heterocycles. The van der Waals surface area contributed by atoms with Crippen LogP contribution in [0.1, 0.15) is 18.4 Å². The summed E-state index contributed by atoms with van der Waals surface area (Å²) in [5, 5.41) is 3.30. The normalized spacial score (nSPS) is 16.3. The molecule has 2 rings (SSSR count). The van der Waals surface area contributed by atoms with Crippen molar-refractivity contribution in [1.82, 2.24) is 5.32 Å². The van der Waals surface area contributed by atoms with Crippen LogP contribution in [0.2, 0.25) is 0 Å². The van der Waals surface area contributed by atoms with Gasteiger partial charge in [-0.25, -0.2) is 0 Å². The highest BCUT2D eigenvalue weighted by atomic mass is 14.9. The highest BCUT2D eigenvalue weighted by Crippen LogP contribution is 2.19. The van der Waals surface area contributed by atoms with E-state index in [2.05, 4.69) is 42.2 Å². The molecule has 0 radical (unpaired) electrons. The smallest absolute Gasteiger partial charge is 0.0414 e. The summed E-state index contributed by atoms with van der Waals surface area (Å²) in [5.74, 6) is 0. The summed E-state index contributed by atoms with van der Waals surface area (Å²) < 4.78 is 0. The first-order chi connectivity index (χ1) is 6.36. The van der Waals surface area contributed by atoms with Crippen LogP contribution in [-0.4, -0.2) is 0 Å². The molecule has 0 spiro atoms. The highest BCUT2D eigenvalue weighted by Gasteiger charge is 2.06. The molecule has 0 bridgehead atoms. The molecule has 0 atom stereocenters. The topological polar surface area (TPSA) is 12.0 Å². The van der Waals surface area contributed by atoms with E-state index in [4.69, 9.17) is 0 Å². The Bertz CT molecular complexity index is 335. The Morgan fingerprint density at radius 3 is 2.62 bits per heavy atom. The van der Waals surface area contributed by atoms with Gasteiger partial charge in [-0.15, -0.1) is 0 Å². The molecule has 0 amide bonds. The van der Waals surface area contributed by atoms with Gasteiger partial charge in [0.2, 0.25) is 0 Å². The van der Waals surface area contributed by atoms with Crippen LogP contribution < -0.4 is 5.32 Å². The fourth-order valence-electron chi connectivity index (χ4n) is 1.50. The minimum absolute atomic E-state index is 1.05. The molecule has 0 saturated carbocycles. The van der Waals surface area contributed by atoms with E-state index in [9.17, 15) is 0 Å². The van der Waals surface area contributed by atoms with E-state index < -0.39 is 0 Å². The zero-order chi connectivity index (χ0) is 9.10. The summed E-state index contributed by atoms with van der Waals surface area (Å²) in [4.78, 5) is 0. The second-order valence-electron chi connectivity index (χ2n) is 3.25. The van der Waals surface area contributed by atoms with Crippen LogP contribution in [0, 0.1) is 0 Å². The van der Waals surface area contributed by atoms with E-state index in [0.29, 0.717) is 0 Å². The van der Waals surface area contributed by atoms with Crippen molar-refractivity contribution in [3.8, 4) is 0 Å². The van der Waals surface area contributed by atoms with Gasteiger partial charge in [0.15, 0.2) is 0 Å². The van der Waals surface area contributed by atoms with E-state index in [0.717, 1.165) is 18.5 Å². The van der Waals surface area contributed by atoms with Gasteiger partial charge in [0.25, 0.3) is 0 Å². The monoisotopic (exact) mass is 171 g/mol. The van der Waals surface area contributed by atoms with Gasteiger partial charge in [0.1, 0.15) is 0 Å². The molecule has 0 aliphatic carbocycles. The third-order valence-corrected chi connectivity index (χ3v) is 2.19. The molecule has 0 fully saturated rings. The van der Waals surface area contributed by atoms with Gasteiger partial charge in [0, 0.05) is 11.4 Å². The maximum absolute atomic E-state index is 3.94. The molecule has 1 aliphatic rings. The molecule has 1 aromatic carbocycles. The predicted octanol–water partition coefficient (Wildman–Crippen LogP) is 2.92. The average Bonchev–Trinajstić information content (AvgIpc) is 2.19. The van der Waals surface area contributed by atoms with Crippen LogP contribution in [0.3, 0.4) is 0 Å². The van der Waals surface area contributed by atoms with Crippen molar-refractivity contribution >= 4 is 5.70 Å². The van der Waals surface area contributed by atoms with Gasteiger partial charge in [-0.3, -0.25) is 0 Å². The molecule has 0 unspecified atom stereocenters. The molecule has 0 aromatic heterocycles. The van der Waals surface area contributed by atoms with Gasteiger partial charge >= 0.3 is 0 Å². The highest BCUT2D eigenvalue weighted by molar-refractivity contribution is 5.66. The minimum atomic E-state index is 1.05. The molecule has 1 aliphatic heterocycles. The van der Waals surface area contributed by atoms with Crippen LogP contribution in [0.4, 0.5) is 0 Å². The summed E-state index contributed by atoms with van der Waals surface area (Å²) in [6.07, 6.45) is 4.37. The molecule has 1 aromatic rings. The Kier molecular flexibility index (Phi) is 2.17. The maximum Gasteiger partial charge on any atom is 0.0414 e. The van der Waals surface area contributed by atoms with E-state index in [-0.39, 0.29) is 0 Å². The van der Waals surface area contributed by atoms with Crippen molar-refractivity contribution in [1.29, 1.82) is 0 Å². The predicted molar refractivity (Wildman–Crippen MR) is 55.9 cm³/mol. The Morgan fingerprint density at radius 2 is 1.92 bits per heavy atom. The van der Waals surface area contributed by atoms with Crippen molar-refractivity contribution in [2.24, 2.45) is 0 Å². The van der Waals surface area contributed by atoms with Gasteiger partial charge in [-0.2, -0.15) is 0 Å². The van der Waals surface area contributed by atoms with Crippen molar-refractivity contribution in [3.05, 3.63) is 54.2 Å². The third-order valence-electron chi connectivity index (χ3n) is 2.19. The lowest BCUT2D eigenvalue weighted by Crippen LogP contribution is -2.14. The van der Waals surface area contributed by atoms with Gasteiger partial charge in [0.05, 0.1) is 0 Å². The van der Waals surface area contributed by atoms with Gasteiger partial charge in [-0.1, -0.05) is 43.0 Å². The average molecular weight is 171 g/mol. The number of hydrogen-bond donors (Lipinski definition) is 1. The zero-order valence-electron chi connectivity index (χ0n) is 7.59. The zero-order valence-corrected chi connectivity index (χ0v) is 7.59. The molecule has 1 N–H and O–H groups in total. The molecule has 1 heterocycles. The first-order valence-electron chi connectivity index (χ1n) is 4.56. The van der Waals surface area contributed by atoms with Crippen molar-refractivity contribution in [2.75, 3.05) is 0 Å². The van der Waals surface area contributed by atoms with E-state index in [1.165, 1.54) is 11.3 Å². The third kappa shape index (κ3) is 1.81. The SMILES string of the molecule is C=C1CCC=C(c2ccccc2)N1. The molecule has 1 nitrogen and oxygen atoms in total. The first kappa shape index (κ1) is 8.11. The maximum atomic E-state index is 3.94. The largest absolute Gasteiger partial charge is 0.359 e. The Morgan fingerprint density at radius 1 is 1.15 bits per heavy atom. The van der Waals surface area contributed by atoms with Gasteiger partial charge in [-0.05, 0) is 18.4 Å². The molecular formula is C12H13N. The van der Waals surface area contributed by atoms with Crippen LogP contribution in [0.15, 0.2) is 48.7 Å². The number of rotatable bonds is 1. The van der Waals surface area contributed by atoms with Crippen LogP contribution in [-0.2, 0) is 0 Å². The molecule has 1 heteroatoms. The minimum Gasteiger partial charge on any atom is -0.359 e. The second-order valence-corrected chi connectivity index (χ2v) is 3.25. The number of nitrogens with one attached hydrogen (secondary N) is 1. The quantitative estimate of drug-likeness (QED) is 0.685. The summed E-state index contributed by atoms with van der Waals surface area (Å²) >= 11 is 0. The molecule has 66 valence electrons. The van der Waals surface area contributed by atoms with E-state index in [1.54, 1.807) is 0 Å². The van der Waals surface area contributed by atoms with E-state index >= 15 is 0 Å². The summed E-state index contributed by atoms with van der Waals surface area (Å²) in [7, 11) is 0. The van der Waals surface area contributed by atoms with Crippen molar-refractivity contribution in [3.63, 3.8) is 0 Å². The van der Waals surface area contributed by atoms with Gasteiger partial charge < -0.3 is 5.32 Å². The Hall–Kier alpha value is -1.50. The first-order valence-corrected chi connectivity index (χ1v) is 4.56. The lowest BCUT2D eigenvalue weighted by atomic mass is 10.1. The fourth-order valence-corrected chi connectivity index (χ4v) is 1.50. The van der Waals surface area contributed by atoms with Crippen molar-refractivity contribution in [2.45, 2.75) is 12.8 Å². The number of allylic oxidation sites excluding steroid dienone is 2. The van der Waals surface area contributed by atoms with Crippen LogP contribution in [0.5, 0.6) is 0 Å². The summed E-state index contributed by atoms with van der Waals surface area (Å²) in [6.45, 7) is 3.94. The molecule has 13 heavy (non-hydrogen) atoms. The Balaban J connectivity index is 2.27. The van der Waals surface area contributed by atoms with E-state index in [1.807, 2.05) is 6.07 Å².